The molecule has 4 heteroatoms. The number of amides is 1. The number of hydrogen-bond acceptors (Lipinski definition) is 3. The Kier molecular flexibility index (Phi) is 5.81. The molecule has 1 aliphatic rings. The molecule has 0 aliphatic heterocycles. The van der Waals surface area contributed by atoms with Crippen LogP contribution in [0.5, 0.6) is 0 Å². The van der Waals surface area contributed by atoms with Crippen molar-refractivity contribution < 1.29 is 4.79 Å². The molecule has 19 heavy (non-hydrogen) atoms. The van der Waals surface area contributed by atoms with Crippen LogP contribution < -0.4 is 11.1 Å². The van der Waals surface area contributed by atoms with Gasteiger partial charge in [0.2, 0.25) is 5.91 Å². The smallest absolute Gasteiger partial charge is 0.237 e. The predicted molar refractivity (Wildman–Crippen MR) is 80.0 cm³/mol. The van der Waals surface area contributed by atoms with Crippen molar-refractivity contribution in [3.05, 3.63) is 0 Å². The molecular formula is C15H31N3O. The van der Waals surface area contributed by atoms with E-state index >= 15 is 0 Å². The van der Waals surface area contributed by atoms with Crippen molar-refractivity contribution in [3.63, 3.8) is 0 Å². The largest absolute Gasteiger partial charge is 0.368 e. The zero-order chi connectivity index (χ0) is 14.5. The highest BCUT2D eigenvalue weighted by Gasteiger charge is 2.42. The Morgan fingerprint density at radius 2 is 1.68 bits per heavy atom. The molecule has 3 N–H and O–H groups in total. The van der Waals surface area contributed by atoms with Gasteiger partial charge in [-0.05, 0) is 44.2 Å². The van der Waals surface area contributed by atoms with Gasteiger partial charge in [0, 0.05) is 13.1 Å². The maximum absolute atomic E-state index is 11.8. The summed E-state index contributed by atoms with van der Waals surface area (Å²) >= 11 is 0. The Labute approximate surface area is 118 Å². The summed E-state index contributed by atoms with van der Waals surface area (Å²) in [4.78, 5) is 14.2. The van der Waals surface area contributed by atoms with Gasteiger partial charge in [0.1, 0.15) is 0 Å². The number of carbonyl (C=O) groups is 1. The van der Waals surface area contributed by atoms with Crippen LogP contribution in [0, 0.1) is 5.41 Å². The number of nitrogens with zero attached hydrogens (tertiary/aromatic N) is 1. The number of nitrogens with one attached hydrogen (secondary N) is 1. The number of primary amides is 1. The van der Waals surface area contributed by atoms with Crippen molar-refractivity contribution in [2.75, 3.05) is 26.2 Å². The normalized spacial score (nSPS) is 21.5. The van der Waals surface area contributed by atoms with Crippen molar-refractivity contribution in [2.24, 2.45) is 11.1 Å². The first-order valence-corrected chi connectivity index (χ1v) is 7.62. The van der Waals surface area contributed by atoms with Gasteiger partial charge in [-0.3, -0.25) is 4.79 Å². The molecule has 1 aliphatic carbocycles. The molecule has 0 atom stereocenters. The maximum atomic E-state index is 11.8. The van der Waals surface area contributed by atoms with Crippen molar-refractivity contribution in [1.82, 2.24) is 10.2 Å². The Hall–Kier alpha value is -0.610. The standard InChI is InChI=1S/C15H31N3O/c1-5-18(6-2)12-11-17-15(13(16)19)9-7-14(3,4)8-10-15/h17H,5-12H2,1-4H3,(H2,16,19). The number of carbonyl (C=O) groups excluding carboxylic acids is 1. The minimum absolute atomic E-state index is 0.178. The molecule has 0 aromatic heterocycles. The number of nitrogens with two attached hydrogens (primary N) is 1. The van der Waals surface area contributed by atoms with E-state index in [0.717, 1.165) is 51.9 Å². The summed E-state index contributed by atoms with van der Waals surface area (Å²) in [6.45, 7) is 12.8. The van der Waals surface area contributed by atoms with Crippen LogP contribution in [0.25, 0.3) is 0 Å². The van der Waals surface area contributed by atoms with E-state index in [4.69, 9.17) is 5.73 Å². The van der Waals surface area contributed by atoms with Crippen molar-refractivity contribution >= 4 is 5.91 Å². The molecule has 0 radical (unpaired) electrons. The summed E-state index contributed by atoms with van der Waals surface area (Å²) in [5, 5.41) is 3.46. The van der Waals surface area contributed by atoms with Gasteiger partial charge >= 0.3 is 0 Å². The molecule has 0 saturated heterocycles. The highest BCUT2D eigenvalue weighted by molar-refractivity contribution is 5.84. The molecule has 1 rings (SSSR count). The maximum Gasteiger partial charge on any atom is 0.237 e. The third-order valence-electron chi connectivity index (χ3n) is 4.71. The van der Waals surface area contributed by atoms with Gasteiger partial charge in [-0.25, -0.2) is 0 Å². The fourth-order valence-electron chi connectivity index (χ4n) is 2.86. The summed E-state index contributed by atoms with van der Waals surface area (Å²) in [6.07, 6.45) is 3.86. The first-order chi connectivity index (χ1) is 8.85. The van der Waals surface area contributed by atoms with E-state index in [-0.39, 0.29) is 5.91 Å². The zero-order valence-electron chi connectivity index (χ0n) is 13.1. The molecule has 0 spiro atoms. The van der Waals surface area contributed by atoms with Gasteiger partial charge in [0.15, 0.2) is 0 Å². The second-order valence-corrected chi connectivity index (χ2v) is 6.56. The van der Waals surface area contributed by atoms with Gasteiger partial charge in [0.05, 0.1) is 5.54 Å². The lowest BCUT2D eigenvalue weighted by atomic mass is 9.69. The van der Waals surface area contributed by atoms with E-state index in [1.54, 1.807) is 0 Å². The van der Waals surface area contributed by atoms with Crippen LogP contribution in [0.2, 0.25) is 0 Å². The topological polar surface area (TPSA) is 58.4 Å². The van der Waals surface area contributed by atoms with Crippen LogP contribution >= 0.6 is 0 Å². The molecule has 0 bridgehead atoms. The lowest BCUT2D eigenvalue weighted by Gasteiger charge is -2.42. The number of rotatable bonds is 7. The van der Waals surface area contributed by atoms with Crippen molar-refractivity contribution in [1.29, 1.82) is 0 Å². The fourth-order valence-corrected chi connectivity index (χ4v) is 2.86. The van der Waals surface area contributed by atoms with Crippen LogP contribution in [0.3, 0.4) is 0 Å². The molecule has 0 heterocycles. The molecule has 0 aromatic carbocycles. The zero-order valence-corrected chi connectivity index (χ0v) is 13.1. The lowest BCUT2D eigenvalue weighted by molar-refractivity contribution is -0.126. The van der Waals surface area contributed by atoms with E-state index in [2.05, 4.69) is 37.9 Å². The number of hydrogen-bond donors (Lipinski definition) is 2. The average Bonchev–Trinajstić information content (AvgIpc) is 2.36. The van der Waals surface area contributed by atoms with Crippen molar-refractivity contribution in [3.8, 4) is 0 Å². The van der Waals surface area contributed by atoms with Gasteiger partial charge < -0.3 is 16.0 Å². The van der Waals surface area contributed by atoms with Crippen LogP contribution in [-0.2, 0) is 4.79 Å². The van der Waals surface area contributed by atoms with E-state index in [1.165, 1.54) is 0 Å². The molecule has 112 valence electrons. The average molecular weight is 269 g/mol. The van der Waals surface area contributed by atoms with E-state index in [0.29, 0.717) is 5.41 Å². The fraction of sp³-hybridized carbons (Fsp3) is 0.933. The molecule has 1 amide bonds. The first-order valence-electron chi connectivity index (χ1n) is 7.62. The van der Waals surface area contributed by atoms with Crippen LogP contribution in [0.1, 0.15) is 53.4 Å². The summed E-state index contributed by atoms with van der Waals surface area (Å²) in [5.74, 6) is -0.178. The SMILES string of the molecule is CCN(CC)CCNC1(C(N)=O)CCC(C)(C)CC1. The van der Waals surface area contributed by atoms with Gasteiger partial charge in [-0.1, -0.05) is 27.7 Å². The minimum Gasteiger partial charge on any atom is -0.368 e. The summed E-state index contributed by atoms with van der Waals surface area (Å²) in [7, 11) is 0. The van der Waals surface area contributed by atoms with Gasteiger partial charge in [0.25, 0.3) is 0 Å². The quantitative estimate of drug-likeness (QED) is 0.740. The summed E-state index contributed by atoms with van der Waals surface area (Å²) in [6, 6.07) is 0. The van der Waals surface area contributed by atoms with Crippen LogP contribution in [0.15, 0.2) is 0 Å². The van der Waals surface area contributed by atoms with Crippen molar-refractivity contribution in [2.45, 2.75) is 58.9 Å². The van der Waals surface area contributed by atoms with Gasteiger partial charge in [-0.2, -0.15) is 0 Å². The molecule has 0 aromatic rings. The number of likely N-dealkylation sites (N-methyl/N-ethyl adjacent to an activating group) is 1. The van der Waals surface area contributed by atoms with E-state index < -0.39 is 5.54 Å². The second kappa shape index (κ2) is 6.71. The molecule has 1 fully saturated rings. The first kappa shape index (κ1) is 16.4. The Balaban J connectivity index is 2.52. The van der Waals surface area contributed by atoms with Gasteiger partial charge in [-0.15, -0.1) is 0 Å². The molecule has 1 saturated carbocycles. The molecule has 4 nitrogen and oxygen atoms in total. The summed E-state index contributed by atoms with van der Waals surface area (Å²) < 4.78 is 0. The van der Waals surface area contributed by atoms with Crippen LogP contribution in [-0.4, -0.2) is 42.5 Å². The monoisotopic (exact) mass is 269 g/mol. The molecule has 0 unspecified atom stereocenters. The highest BCUT2D eigenvalue weighted by Crippen LogP contribution is 2.40. The third kappa shape index (κ3) is 4.46. The van der Waals surface area contributed by atoms with Crippen LogP contribution in [0.4, 0.5) is 0 Å². The highest BCUT2D eigenvalue weighted by atomic mass is 16.1. The molecular weight excluding hydrogens is 238 g/mol. The Bertz CT molecular complexity index is 288. The lowest BCUT2D eigenvalue weighted by Crippen LogP contribution is -2.59. The third-order valence-corrected chi connectivity index (χ3v) is 4.71. The van der Waals surface area contributed by atoms with E-state index in [9.17, 15) is 4.79 Å². The predicted octanol–water partition coefficient (Wildman–Crippen LogP) is 1.74. The van der Waals surface area contributed by atoms with E-state index in [1.807, 2.05) is 0 Å². The Morgan fingerprint density at radius 3 is 2.11 bits per heavy atom. The summed E-state index contributed by atoms with van der Waals surface area (Å²) in [5.41, 5.74) is 5.53. The second-order valence-electron chi connectivity index (χ2n) is 6.56. The Morgan fingerprint density at radius 1 is 1.16 bits per heavy atom. The minimum atomic E-state index is -0.470.